The van der Waals surface area contributed by atoms with Crippen LogP contribution < -0.4 is 4.90 Å². The highest BCUT2D eigenvalue weighted by Crippen LogP contribution is 2.34. The maximum absolute atomic E-state index is 12.0. The molecule has 0 amide bonds. The number of thiazole rings is 1. The first kappa shape index (κ1) is 18.9. The fraction of sp³-hybridized carbons (Fsp3) is 0.136. The number of anilines is 1. The van der Waals surface area contributed by atoms with Crippen molar-refractivity contribution < 1.29 is 14.6 Å². The van der Waals surface area contributed by atoms with Crippen LogP contribution in [0.3, 0.4) is 0 Å². The Labute approximate surface area is 172 Å². The van der Waals surface area contributed by atoms with Gasteiger partial charge in [0.15, 0.2) is 0 Å². The van der Waals surface area contributed by atoms with Gasteiger partial charge in [-0.1, -0.05) is 36.4 Å². The van der Waals surface area contributed by atoms with E-state index in [9.17, 15) is 9.90 Å². The van der Waals surface area contributed by atoms with Gasteiger partial charge in [0.1, 0.15) is 16.6 Å². The van der Waals surface area contributed by atoms with Crippen molar-refractivity contribution in [2.45, 2.75) is 6.92 Å². The zero-order valence-corrected chi connectivity index (χ0v) is 16.6. The highest BCUT2D eigenvalue weighted by molar-refractivity contribution is 7.11. The second kappa shape index (κ2) is 7.89. The summed E-state index contributed by atoms with van der Waals surface area (Å²) >= 11 is 1.39. The maximum Gasteiger partial charge on any atom is 0.338 e. The first-order valence-corrected chi connectivity index (χ1v) is 10.0. The Morgan fingerprint density at radius 1 is 1.24 bits per heavy atom. The second-order valence-corrected chi connectivity index (χ2v) is 7.29. The van der Waals surface area contributed by atoms with Crippen LogP contribution in [0.4, 0.5) is 5.69 Å². The van der Waals surface area contributed by atoms with Gasteiger partial charge in [0.05, 0.1) is 30.0 Å². The molecule has 0 spiro atoms. The molecule has 0 saturated carbocycles. The van der Waals surface area contributed by atoms with E-state index in [-0.39, 0.29) is 18.1 Å². The predicted octanol–water partition coefficient (Wildman–Crippen LogP) is 4.75. The van der Waals surface area contributed by atoms with E-state index >= 15 is 0 Å². The molecule has 0 aliphatic carbocycles. The topological polar surface area (TPSA) is 86.5 Å². The number of benzene rings is 2. The number of aliphatic hydroxyl groups excluding tert-OH is 1. The number of ether oxygens (including phenoxy) is 1. The zero-order chi connectivity index (χ0) is 20.4. The Balaban J connectivity index is 1.60. The van der Waals surface area contributed by atoms with Crippen molar-refractivity contribution in [3.8, 4) is 11.3 Å². The molecule has 7 heteroatoms. The molecule has 146 valence electrons. The van der Waals surface area contributed by atoms with Gasteiger partial charge in [-0.15, -0.1) is 11.3 Å². The molecule has 0 bridgehead atoms. The van der Waals surface area contributed by atoms with Gasteiger partial charge in [-0.2, -0.15) is 0 Å². The zero-order valence-electron chi connectivity index (χ0n) is 15.8. The molecular formula is C22H19N3O3S. The maximum atomic E-state index is 12.0. The summed E-state index contributed by atoms with van der Waals surface area (Å²) < 4.78 is 5.05. The lowest BCUT2D eigenvalue weighted by Crippen LogP contribution is -2.26. The summed E-state index contributed by atoms with van der Waals surface area (Å²) in [6.45, 7) is 2.20. The third-order valence-corrected chi connectivity index (χ3v) is 5.42. The SMILES string of the molecule is CCOC(=O)c1cccc(N2CC(O)=C(c3nc(-c4ccccc4)cs3)C2=N)c1. The highest BCUT2D eigenvalue weighted by atomic mass is 32.1. The van der Waals surface area contributed by atoms with Crippen molar-refractivity contribution >= 4 is 34.4 Å². The molecule has 6 nitrogen and oxygen atoms in total. The normalized spacial score (nSPS) is 13.8. The number of carbonyl (C=O) groups excluding carboxylic acids is 1. The first-order valence-electron chi connectivity index (χ1n) is 9.15. The van der Waals surface area contributed by atoms with E-state index < -0.39 is 5.97 Å². The van der Waals surface area contributed by atoms with E-state index in [4.69, 9.17) is 10.1 Å². The van der Waals surface area contributed by atoms with Gasteiger partial charge < -0.3 is 14.7 Å². The van der Waals surface area contributed by atoms with Crippen LogP contribution in [0.1, 0.15) is 22.3 Å². The van der Waals surface area contributed by atoms with Crippen LogP contribution in [0.25, 0.3) is 16.8 Å². The third-order valence-electron chi connectivity index (χ3n) is 4.56. The first-order chi connectivity index (χ1) is 14.1. The fourth-order valence-electron chi connectivity index (χ4n) is 3.17. The molecule has 0 saturated heterocycles. The van der Waals surface area contributed by atoms with Gasteiger partial charge in [0.25, 0.3) is 0 Å². The Morgan fingerprint density at radius 3 is 2.79 bits per heavy atom. The quantitative estimate of drug-likeness (QED) is 0.598. The number of nitrogens with one attached hydrogen (secondary N) is 1. The molecule has 3 aromatic rings. The van der Waals surface area contributed by atoms with Crippen LogP contribution in [-0.2, 0) is 4.74 Å². The molecular weight excluding hydrogens is 386 g/mol. The number of amidine groups is 1. The molecule has 0 unspecified atom stereocenters. The number of hydrogen-bond donors (Lipinski definition) is 2. The molecule has 0 radical (unpaired) electrons. The molecule has 1 aromatic heterocycles. The third kappa shape index (κ3) is 3.64. The van der Waals surface area contributed by atoms with E-state index in [2.05, 4.69) is 4.98 Å². The summed E-state index contributed by atoms with van der Waals surface area (Å²) in [7, 11) is 0. The largest absolute Gasteiger partial charge is 0.510 e. The van der Waals surface area contributed by atoms with Crippen molar-refractivity contribution in [3.63, 3.8) is 0 Å². The smallest absolute Gasteiger partial charge is 0.338 e. The van der Waals surface area contributed by atoms with Gasteiger partial charge in [0.2, 0.25) is 0 Å². The fourth-order valence-corrected chi connectivity index (χ4v) is 4.07. The number of hydrogen-bond acceptors (Lipinski definition) is 6. The van der Waals surface area contributed by atoms with E-state index in [1.165, 1.54) is 11.3 Å². The highest BCUT2D eigenvalue weighted by Gasteiger charge is 2.31. The van der Waals surface area contributed by atoms with Gasteiger partial charge in [-0.05, 0) is 25.1 Å². The van der Waals surface area contributed by atoms with Crippen LogP contribution >= 0.6 is 11.3 Å². The van der Waals surface area contributed by atoms with E-state index in [0.717, 1.165) is 11.3 Å². The molecule has 2 aromatic carbocycles. The standard InChI is InChI=1S/C22H19N3O3S/c1-2-28-22(27)15-9-6-10-16(11-15)25-12-18(26)19(20(25)23)21-24-17(13-29-21)14-7-4-3-5-8-14/h3-11,13,23,26H,2,12H2,1H3. The molecule has 2 heterocycles. The number of aromatic nitrogens is 1. The lowest BCUT2D eigenvalue weighted by molar-refractivity contribution is 0.0526. The summed E-state index contributed by atoms with van der Waals surface area (Å²) in [5.74, 6) is -0.173. The Kier molecular flexibility index (Phi) is 5.14. The van der Waals surface area contributed by atoms with Crippen molar-refractivity contribution in [2.24, 2.45) is 0 Å². The van der Waals surface area contributed by atoms with Crippen LogP contribution in [0.5, 0.6) is 0 Å². The average molecular weight is 405 g/mol. The summed E-state index contributed by atoms with van der Waals surface area (Å²) in [4.78, 5) is 18.3. The summed E-state index contributed by atoms with van der Waals surface area (Å²) in [6, 6.07) is 16.6. The van der Waals surface area contributed by atoms with Crippen LogP contribution in [0.15, 0.2) is 65.7 Å². The van der Waals surface area contributed by atoms with Gasteiger partial charge in [-0.25, -0.2) is 9.78 Å². The predicted molar refractivity (Wildman–Crippen MR) is 115 cm³/mol. The second-order valence-electron chi connectivity index (χ2n) is 6.43. The Bertz CT molecular complexity index is 1110. The molecule has 0 fully saturated rings. The van der Waals surface area contributed by atoms with Crippen LogP contribution in [-0.4, -0.2) is 35.0 Å². The number of esters is 1. The van der Waals surface area contributed by atoms with E-state index in [1.807, 2.05) is 35.7 Å². The number of carbonyl (C=O) groups is 1. The lowest BCUT2D eigenvalue weighted by atomic mass is 10.2. The van der Waals surface area contributed by atoms with Crippen molar-refractivity contribution in [1.82, 2.24) is 4.98 Å². The minimum absolute atomic E-state index is 0.0884. The van der Waals surface area contributed by atoms with Crippen molar-refractivity contribution in [3.05, 3.63) is 76.3 Å². The molecule has 29 heavy (non-hydrogen) atoms. The van der Waals surface area contributed by atoms with Gasteiger partial charge in [-0.3, -0.25) is 5.41 Å². The number of aliphatic hydroxyl groups is 1. The van der Waals surface area contributed by atoms with E-state index in [1.54, 1.807) is 36.1 Å². The van der Waals surface area contributed by atoms with Crippen LogP contribution in [0.2, 0.25) is 0 Å². The Morgan fingerprint density at radius 2 is 2.03 bits per heavy atom. The van der Waals surface area contributed by atoms with Crippen molar-refractivity contribution in [2.75, 3.05) is 18.1 Å². The van der Waals surface area contributed by atoms with E-state index in [0.29, 0.717) is 28.4 Å². The Hall–Kier alpha value is -3.45. The number of nitrogens with zero attached hydrogens (tertiary/aromatic N) is 2. The summed E-state index contributed by atoms with van der Waals surface area (Å²) in [5.41, 5.74) is 3.26. The minimum Gasteiger partial charge on any atom is -0.510 e. The summed E-state index contributed by atoms with van der Waals surface area (Å²) in [6.07, 6.45) is 0. The van der Waals surface area contributed by atoms with Crippen LogP contribution in [0, 0.1) is 5.41 Å². The number of rotatable bonds is 5. The molecule has 0 atom stereocenters. The average Bonchev–Trinajstić information content (AvgIpc) is 3.33. The minimum atomic E-state index is -0.412. The molecule has 1 aliphatic heterocycles. The van der Waals surface area contributed by atoms with Gasteiger partial charge in [0, 0.05) is 16.6 Å². The summed E-state index contributed by atoms with van der Waals surface area (Å²) in [5, 5.41) is 21.7. The van der Waals surface area contributed by atoms with Crippen molar-refractivity contribution in [1.29, 1.82) is 5.41 Å². The van der Waals surface area contributed by atoms with Gasteiger partial charge >= 0.3 is 5.97 Å². The molecule has 1 aliphatic rings. The monoisotopic (exact) mass is 405 g/mol. The lowest BCUT2D eigenvalue weighted by Gasteiger charge is -2.19. The molecule has 4 rings (SSSR count). The molecule has 2 N–H and O–H groups in total.